The predicted octanol–water partition coefficient (Wildman–Crippen LogP) is 4.17. The molecule has 3 aromatic rings. The van der Waals surface area contributed by atoms with E-state index in [4.69, 9.17) is 9.72 Å². The summed E-state index contributed by atoms with van der Waals surface area (Å²) in [6, 6.07) is 18.0. The van der Waals surface area contributed by atoms with Gasteiger partial charge in [-0.1, -0.05) is 44.2 Å². The summed E-state index contributed by atoms with van der Waals surface area (Å²) in [5, 5.41) is 2.98. The summed E-state index contributed by atoms with van der Waals surface area (Å²) in [4.78, 5) is 16.6. The van der Waals surface area contributed by atoms with Crippen LogP contribution in [0.3, 0.4) is 0 Å². The van der Waals surface area contributed by atoms with Crippen molar-refractivity contribution in [3.8, 4) is 5.75 Å². The Morgan fingerprint density at radius 3 is 2.59 bits per heavy atom. The fourth-order valence-electron chi connectivity index (χ4n) is 2.96. The first-order valence-electron chi connectivity index (χ1n) is 9.55. The molecule has 2 aromatic carbocycles. The van der Waals surface area contributed by atoms with Crippen molar-refractivity contribution in [1.82, 2.24) is 14.9 Å². The van der Waals surface area contributed by atoms with Gasteiger partial charge in [-0.15, -0.1) is 0 Å². The molecular formula is C22H27N3O2. The van der Waals surface area contributed by atoms with Crippen LogP contribution in [0, 0.1) is 5.92 Å². The molecule has 1 heterocycles. The van der Waals surface area contributed by atoms with Crippen LogP contribution in [0.2, 0.25) is 0 Å². The van der Waals surface area contributed by atoms with E-state index < -0.39 is 0 Å². The van der Waals surface area contributed by atoms with Crippen molar-refractivity contribution in [2.24, 2.45) is 5.92 Å². The third-order valence-electron chi connectivity index (χ3n) is 4.47. The number of para-hydroxylation sites is 3. The van der Waals surface area contributed by atoms with Crippen LogP contribution in [-0.2, 0) is 17.9 Å². The summed E-state index contributed by atoms with van der Waals surface area (Å²) in [5.74, 6) is 1.82. The minimum atomic E-state index is -0.0297. The van der Waals surface area contributed by atoms with Crippen molar-refractivity contribution in [2.75, 3.05) is 6.61 Å². The highest BCUT2D eigenvalue weighted by Crippen LogP contribution is 2.17. The number of rotatable bonds is 9. The van der Waals surface area contributed by atoms with E-state index in [-0.39, 0.29) is 11.8 Å². The first kappa shape index (κ1) is 19.0. The van der Waals surface area contributed by atoms with E-state index in [1.165, 1.54) is 0 Å². The molecule has 5 heteroatoms. The number of carbonyl (C=O) groups is 1. The minimum absolute atomic E-state index is 0.0297. The molecule has 0 saturated carbocycles. The maximum Gasteiger partial charge on any atom is 0.222 e. The molecule has 0 saturated heterocycles. The largest absolute Gasteiger partial charge is 0.494 e. The summed E-state index contributed by atoms with van der Waals surface area (Å²) in [6.07, 6.45) is 1.94. The Morgan fingerprint density at radius 1 is 1.07 bits per heavy atom. The van der Waals surface area contributed by atoms with Crippen molar-refractivity contribution < 1.29 is 9.53 Å². The van der Waals surface area contributed by atoms with Crippen LogP contribution in [0.5, 0.6) is 5.75 Å². The summed E-state index contributed by atoms with van der Waals surface area (Å²) in [5.41, 5.74) is 2.07. The minimum Gasteiger partial charge on any atom is -0.494 e. The molecule has 5 nitrogen and oxygen atoms in total. The average molecular weight is 365 g/mol. The van der Waals surface area contributed by atoms with E-state index in [0.29, 0.717) is 13.2 Å². The fraction of sp³-hybridized carbons (Fsp3) is 0.364. The van der Waals surface area contributed by atoms with Gasteiger partial charge in [0.05, 0.1) is 24.2 Å². The van der Waals surface area contributed by atoms with Crippen molar-refractivity contribution in [2.45, 2.75) is 39.8 Å². The van der Waals surface area contributed by atoms with Gasteiger partial charge in [0, 0.05) is 12.5 Å². The topological polar surface area (TPSA) is 56.2 Å². The Labute approximate surface area is 160 Å². The Bertz CT molecular complexity index is 872. The third kappa shape index (κ3) is 5.09. The molecule has 0 fully saturated rings. The Kier molecular flexibility index (Phi) is 6.47. The molecule has 1 amide bonds. The second-order valence-corrected chi connectivity index (χ2v) is 6.91. The van der Waals surface area contributed by atoms with Gasteiger partial charge >= 0.3 is 0 Å². The molecule has 0 radical (unpaired) electrons. The van der Waals surface area contributed by atoms with Crippen LogP contribution in [0.1, 0.15) is 32.5 Å². The van der Waals surface area contributed by atoms with Crippen molar-refractivity contribution in [3.63, 3.8) is 0 Å². The quantitative estimate of drug-likeness (QED) is 0.579. The molecule has 0 spiro atoms. The van der Waals surface area contributed by atoms with E-state index in [1.807, 2.05) is 62.4 Å². The monoisotopic (exact) mass is 365 g/mol. The van der Waals surface area contributed by atoms with Gasteiger partial charge in [-0.3, -0.25) is 4.79 Å². The Morgan fingerprint density at radius 2 is 1.81 bits per heavy atom. The Hall–Kier alpha value is -2.82. The van der Waals surface area contributed by atoms with Crippen LogP contribution in [0.4, 0.5) is 0 Å². The number of imidazole rings is 1. The first-order valence-corrected chi connectivity index (χ1v) is 9.55. The predicted molar refractivity (Wildman–Crippen MR) is 108 cm³/mol. The zero-order chi connectivity index (χ0) is 19.1. The van der Waals surface area contributed by atoms with Crippen LogP contribution in [-0.4, -0.2) is 22.1 Å². The summed E-state index contributed by atoms with van der Waals surface area (Å²) in [7, 11) is 0. The van der Waals surface area contributed by atoms with Gasteiger partial charge in [-0.25, -0.2) is 4.98 Å². The molecule has 3 rings (SSSR count). The second kappa shape index (κ2) is 9.21. The van der Waals surface area contributed by atoms with Gasteiger partial charge in [-0.05, 0) is 37.1 Å². The maximum absolute atomic E-state index is 11.9. The number of aromatic nitrogens is 2. The number of aryl methyl sites for hydroxylation is 1. The zero-order valence-electron chi connectivity index (χ0n) is 16.0. The van der Waals surface area contributed by atoms with E-state index in [9.17, 15) is 4.79 Å². The fourth-order valence-corrected chi connectivity index (χ4v) is 2.96. The number of fused-ring (bicyclic) bond motifs is 1. The smallest absolute Gasteiger partial charge is 0.222 e. The van der Waals surface area contributed by atoms with Crippen molar-refractivity contribution in [3.05, 3.63) is 60.4 Å². The highest BCUT2D eigenvalue weighted by Gasteiger charge is 2.12. The van der Waals surface area contributed by atoms with Crippen molar-refractivity contribution >= 4 is 16.9 Å². The van der Waals surface area contributed by atoms with Crippen LogP contribution >= 0.6 is 0 Å². The normalized spacial score (nSPS) is 11.1. The molecule has 142 valence electrons. The zero-order valence-corrected chi connectivity index (χ0v) is 16.0. The molecule has 0 atom stereocenters. The molecular weight excluding hydrogens is 338 g/mol. The summed E-state index contributed by atoms with van der Waals surface area (Å²) < 4.78 is 7.97. The molecule has 0 aliphatic heterocycles. The van der Waals surface area contributed by atoms with Crippen LogP contribution in [0.15, 0.2) is 54.6 Å². The highest BCUT2D eigenvalue weighted by molar-refractivity contribution is 5.78. The van der Waals surface area contributed by atoms with E-state index in [2.05, 4.69) is 16.0 Å². The summed E-state index contributed by atoms with van der Waals surface area (Å²) in [6.45, 7) is 5.78. The number of hydrogen-bond donors (Lipinski definition) is 1. The van der Waals surface area contributed by atoms with Gasteiger partial charge in [0.15, 0.2) is 0 Å². The number of unbranched alkanes of at least 4 members (excludes halogenated alkanes) is 1. The first-order chi connectivity index (χ1) is 13.1. The van der Waals surface area contributed by atoms with Gasteiger partial charge in [0.25, 0.3) is 0 Å². The Balaban J connectivity index is 1.60. The molecule has 0 aliphatic rings. The lowest BCUT2D eigenvalue weighted by Crippen LogP contribution is -2.28. The second-order valence-electron chi connectivity index (χ2n) is 6.91. The molecule has 27 heavy (non-hydrogen) atoms. The SMILES string of the molecule is CC(C)C(=O)NCc1nc2ccccc2n1CCCCOc1ccccc1. The molecule has 0 bridgehead atoms. The lowest BCUT2D eigenvalue weighted by atomic mass is 10.2. The number of ether oxygens (including phenoxy) is 1. The number of nitrogens with one attached hydrogen (secondary N) is 1. The standard InChI is InChI=1S/C22H27N3O2/c1-17(2)22(26)23-16-21-24-19-12-6-7-13-20(19)25(21)14-8-9-15-27-18-10-4-3-5-11-18/h3-7,10-13,17H,8-9,14-16H2,1-2H3,(H,23,26). The van der Waals surface area contributed by atoms with Gasteiger partial charge in [0.1, 0.15) is 11.6 Å². The van der Waals surface area contributed by atoms with Gasteiger partial charge < -0.3 is 14.6 Å². The van der Waals surface area contributed by atoms with E-state index >= 15 is 0 Å². The molecule has 1 aromatic heterocycles. The number of carbonyl (C=O) groups excluding carboxylic acids is 1. The van der Waals surface area contributed by atoms with E-state index in [0.717, 1.165) is 42.0 Å². The number of hydrogen-bond acceptors (Lipinski definition) is 3. The third-order valence-corrected chi connectivity index (χ3v) is 4.47. The number of nitrogens with zero attached hydrogens (tertiary/aromatic N) is 2. The lowest BCUT2D eigenvalue weighted by Gasteiger charge is -2.11. The maximum atomic E-state index is 11.9. The van der Waals surface area contributed by atoms with Crippen LogP contribution in [0.25, 0.3) is 11.0 Å². The average Bonchev–Trinajstić information content (AvgIpc) is 3.04. The molecule has 1 N–H and O–H groups in total. The van der Waals surface area contributed by atoms with Gasteiger partial charge in [0.2, 0.25) is 5.91 Å². The van der Waals surface area contributed by atoms with Crippen LogP contribution < -0.4 is 10.1 Å². The number of benzene rings is 2. The lowest BCUT2D eigenvalue weighted by molar-refractivity contribution is -0.124. The summed E-state index contributed by atoms with van der Waals surface area (Å²) >= 11 is 0. The number of amides is 1. The van der Waals surface area contributed by atoms with E-state index in [1.54, 1.807) is 0 Å². The van der Waals surface area contributed by atoms with Gasteiger partial charge in [-0.2, -0.15) is 0 Å². The molecule has 0 aliphatic carbocycles. The van der Waals surface area contributed by atoms with Crippen molar-refractivity contribution in [1.29, 1.82) is 0 Å². The highest BCUT2D eigenvalue weighted by atomic mass is 16.5. The molecule has 0 unspecified atom stereocenters.